The Morgan fingerprint density at radius 1 is 1.11 bits per heavy atom. The fourth-order valence-electron chi connectivity index (χ4n) is 2.64. The summed E-state index contributed by atoms with van der Waals surface area (Å²) in [6.45, 7) is 2.14. The van der Waals surface area contributed by atoms with Crippen molar-refractivity contribution in [2.75, 3.05) is 7.05 Å². The van der Waals surface area contributed by atoms with Gasteiger partial charge < -0.3 is 0 Å². The SMILES string of the molecule is CN=C1c2ccc(C)cc2CCc2cccnc21. The van der Waals surface area contributed by atoms with Crippen LogP contribution in [0.1, 0.15) is 27.9 Å². The second kappa shape index (κ2) is 4.37. The van der Waals surface area contributed by atoms with E-state index in [4.69, 9.17) is 0 Å². The first-order valence-electron chi connectivity index (χ1n) is 6.30. The second-order valence-corrected chi connectivity index (χ2v) is 4.74. The summed E-state index contributed by atoms with van der Waals surface area (Å²) in [5, 5.41) is 0. The molecule has 90 valence electrons. The molecule has 2 heteroatoms. The smallest absolute Gasteiger partial charge is 0.0919 e. The van der Waals surface area contributed by atoms with Gasteiger partial charge in [-0.1, -0.05) is 29.8 Å². The normalized spacial score (nSPS) is 16.0. The molecule has 2 nitrogen and oxygen atoms in total. The molecule has 0 radical (unpaired) electrons. The Morgan fingerprint density at radius 2 is 1.94 bits per heavy atom. The van der Waals surface area contributed by atoms with Gasteiger partial charge in [-0.3, -0.25) is 9.98 Å². The number of hydrogen-bond donors (Lipinski definition) is 0. The van der Waals surface area contributed by atoms with Crippen molar-refractivity contribution in [3.05, 3.63) is 64.5 Å². The van der Waals surface area contributed by atoms with Gasteiger partial charge in [0.1, 0.15) is 0 Å². The van der Waals surface area contributed by atoms with E-state index in [-0.39, 0.29) is 0 Å². The van der Waals surface area contributed by atoms with Crippen LogP contribution in [0.5, 0.6) is 0 Å². The Balaban J connectivity index is 2.25. The Hall–Kier alpha value is -1.96. The van der Waals surface area contributed by atoms with E-state index in [0.29, 0.717) is 0 Å². The van der Waals surface area contributed by atoms with Crippen molar-refractivity contribution in [2.24, 2.45) is 4.99 Å². The molecule has 0 N–H and O–H groups in total. The minimum absolute atomic E-state index is 1.03. The molecule has 2 aromatic rings. The molecule has 18 heavy (non-hydrogen) atoms. The lowest BCUT2D eigenvalue weighted by molar-refractivity contribution is 0.953. The molecule has 0 amide bonds. The van der Waals surface area contributed by atoms with Crippen molar-refractivity contribution < 1.29 is 0 Å². The summed E-state index contributed by atoms with van der Waals surface area (Å²) in [6.07, 6.45) is 3.95. The van der Waals surface area contributed by atoms with Crippen LogP contribution >= 0.6 is 0 Å². The third-order valence-electron chi connectivity index (χ3n) is 3.52. The first-order valence-corrected chi connectivity index (χ1v) is 6.30. The van der Waals surface area contributed by atoms with E-state index in [1.807, 2.05) is 19.3 Å². The first kappa shape index (κ1) is 11.1. The fraction of sp³-hybridized carbons (Fsp3) is 0.250. The van der Waals surface area contributed by atoms with E-state index in [9.17, 15) is 0 Å². The van der Waals surface area contributed by atoms with Crippen LogP contribution in [0.3, 0.4) is 0 Å². The molecular weight excluding hydrogens is 220 g/mol. The summed E-state index contributed by atoms with van der Waals surface area (Å²) < 4.78 is 0. The van der Waals surface area contributed by atoms with Gasteiger partial charge in [0.25, 0.3) is 0 Å². The first-order chi connectivity index (χ1) is 8.79. The van der Waals surface area contributed by atoms with Crippen molar-refractivity contribution >= 4 is 5.71 Å². The lowest BCUT2D eigenvalue weighted by atomic mass is 9.99. The van der Waals surface area contributed by atoms with Crippen molar-refractivity contribution in [2.45, 2.75) is 19.8 Å². The predicted molar refractivity (Wildman–Crippen MR) is 74.4 cm³/mol. The van der Waals surface area contributed by atoms with Crippen LogP contribution in [0.15, 0.2) is 41.5 Å². The van der Waals surface area contributed by atoms with Gasteiger partial charge in [-0.25, -0.2) is 0 Å². The van der Waals surface area contributed by atoms with Gasteiger partial charge in [-0.05, 0) is 37.0 Å². The number of aliphatic imine (C=N–C) groups is 1. The molecule has 1 aliphatic rings. The number of benzene rings is 1. The standard InChI is InChI=1S/C16H16N2/c1-11-5-8-14-13(10-11)7-6-12-4-3-9-18-15(12)16(14)17-2/h3-5,8-10H,6-7H2,1-2H3. The summed E-state index contributed by atoms with van der Waals surface area (Å²) >= 11 is 0. The Kier molecular flexibility index (Phi) is 2.71. The van der Waals surface area contributed by atoms with E-state index < -0.39 is 0 Å². The Labute approximate surface area is 107 Å². The predicted octanol–water partition coefficient (Wildman–Crippen LogP) is 2.96. The zero-order valence-corrected chi connectivity index (χ0v) is 10.8. The minimum Gasteiger partial charge on any atom is -0.286 e. The zero-order valence-electron chi connectivity index (χ0n) is 10.8. The number of aromatic nitrogens is 1. The number of pyridine rings is 1. The van der Waals surface area contributed by atoms with Gasteiger partial charge in [0.2, 0.25) is 0 Å². The third kappa shape index (κ3) is 1.74. The molecule has 0 bridgehead atoms. The third-order valence-corrected chi connectivity index (χ3v) is 3.52. The van der Waals surface area contributed by atoms with Crippen LogP contribution in [0.4, 0.5) is 0 Å². The largest absolute Gasteiger partial charge is 0.286 e. The summed E-state index contributed by atoms with van der Waals surface area (Å²) in [4.78, 5) is 9.00. The molecule has 3 rings (SSSR count). The van der Waals surface area contributed by atoms with E-state index in [0.717, 1.165) is 24.2 Å². The van der Waals surface area contributed by atoms with E-state index in [1.165, 1.54) is 22.3 Å². The minimum atomic E-state index is 1.03. The maximum atomic E-state index is 4.52. The van der Waals surface area contributed by atoms with Gasteiger partial charge >= 0.3 is 0 Å². The van der Waals surface area contributed by atoms with Crippen molar-refractivity contribution in [1.29, 1.82) is 0 Å². The molecule has 1 aromatic carbocycles. The monoisotopic (exact) mass is 236 g/mol. The quantitative estimate of drug-likeness (QED) is 0.690. The Morgan fingerprint density at radius 3 is 2.78 bits per heavy atom. The van der Waals surface area contributed by atoms with E-state index >= 15 is 0 Å². The number of hydrogen-bond acceptors (Lipinski definition) is 2. The van der Waals surface area contributed by atoms with Gasteiger partial charge in [0.15, 0.2) is 0 Å². The molecule has 0 saturated heterocycles. The maximum absolute atomic E-state index is 4.52. The van der Waals surface area contributed by atoms with Crippen LogP contribution in [-0.2, 0) is 12.8 Å². The van der Waals surface area contributed by atoms with E-state index in [2.05, 4.69) is 41.2 Å². The van der Waals surface area contributed by atoms with Crippen LogP contribution in [0.25, 0.3) is 0 Å². The molecule has 1 aliphatic carbocycles. The highest BCUT2D eigenvalue weighted by atomic mass is 14.8. The average Bonchev–Trinajstić information content (AvgIpc) is 2.55. The summed E-state index contributed by atoms with van der Waals surface area (Å²) in [5.74, 6) is 0. The molecule has 0 saturated carbocycles. The highest BCUT2D eigenvalue weighted by molar-refractivity contribution is 6.13. The molecular formula is C16H16N2. The second-order valence-electron chi connectivity index (χ2n) is 4.74. The van der Waals surface area contributed by atoms with Crippen LogP contribution < -0.4 is 0 Å². The number of fused-ring (bicyclic) bond motifs is 2. The van der Waals surface area contributed by atoms with Gasteiger partial charge in [0.05, 0.1) is 11.4 Å². The molecule has 0 fully saturated rings. The molecule has 1 aromatic heterocycles. The molecule has 1 heterocycles. The summed E-state index contributed by atoms with van der Waals surface area (Å²) in [6, 6.07) is 10.8. The summed E-state index contributed by atoms with van der Waals surface area (Å²) in [5.41, 5.74) is 7.30. The topological polar surface area (TPSA) is 25.2 Å². The zero-order chi connectivity index (χ0) is 12.5. The Bertz CT molecular complexity index is 627. The van der Waals surface area contributed by atoms with Gasteiger partial charge in [-0.2, -0.15) is 0 Å². The van der Waals surface area contributed by atoms with Gasteiger partial charge in [0, 0.05) is 18.8 Å². The van der Waals surface area contributed by atoms with Gasteiger partial charge in [-0.15, -0.1) is 0 Å². The molecule has 0 aliphatic heterocycles. The lowest BCUT2D eigenvalue weighted by Crippen LogP contribution is -2.08. The lowest BCUT2D eigenvalue weighted by Gasteiger charge is -2.09. The van der Waals surface area contributed by atoms with Crippen molar-refractivity contribution in [3.8, 4) is 0 Å². The van der Waals surface area contributed by atoms with Crippen molar-refractivity contribution in [3.63, 3.8) is 0 Å². The van der Waals surface area contributed by atoms with Crippen LogP contribution in [0.2, 0.25) is 0 Å². The maximum Gasteiger partial charge on any atom is 0.0919 e. The van der Waals surface area contributed by atoms with E-state index in [1.54, 1.807) is 0 Å². The fourth-order valence-corrected chi connectivity index (χ4v) is 2.64. The molecule has 0 unspecified atom stereocenters. The number of aryl methyl sites for hydroxylation is 3. The summed E-state index contributed by atoms with van der Waals surface area (Å²) in [7, 11) is 1.85. The molecule has 0 spiro atoms. The number of rotatable bonds is 0. The average molecular weight is 236 g/mol. The highest BCUT2D eigenvalue weighted by Crippen LogP contribution is 2.24. The van der Waals surface area contributed by atoms with Crippen molar-refractivity contribution in [1.82, 2.24) is 4.98 Å². The van der Waals surface area contributed by atoms with Crippen LogP contribution in [0, 0.1) is 6.92 Å². The van der Waals surface area contributed by atoms with Crippen LogP contribution in [-0.4, -0.2) is 17.7 Å². The molecule has 0 atom stereocenters. The highest BCUT2D eigenvalue weighted by Gasteiger charge is 2.19. The number of nitrogens with zero attached hydrogens (tertiary/aromatic N) is 2.